The lowest BCUT2D eigenvalue weighted by Crippen LogP contribution is -2.30. The largest absolute Gasteiger partial charge is 0.326 e. The number of amides is 4. The number of aryl methyl sites for hydroxylation is 1. The van der Waals surface area contributed by atoms with E-state index in [9.17, 15) is 14.4 Å². The van der Waals surface area contributed by atoms with Crippen LogP contribution in [0.5, 0.6) is 0 Å². The van der Waals surface area contributed by atoms with Crippen molar-refractivity contribution >= 4 is 23.5 Å². The molecule has 1 aliphatic rings. The van der Waals surface area contributed by atoms with E-state index in [1.54, 1.807) is 0 Å². The standard InChI is InChI=1S/C14H17N3O3/c1-8-4-3-5-10(9(8)2)15-12(18)7-6-11-13(19)17-14(20)16-11/h3-5,11H,6-7H2,1-2H3,(H,15,18)(H2,16,17,19,20). The van der Waals surface area contributed by atoms with Gasteiger partial charge in [0.15, 0.2) is 0 Å². The van der Waals surface area contributed by atoms with E-state index in [1.807, 2.05) is 32.0 Å². The molecule has 0 radical (unpaired) electrons. The van der Waals surface area contributed by atoms with Crippen LogP contribution in [0.25, 0.3) is 0 Å². The fraction of sp³-hybridized carbons (Fsp3) is 0.357. The number of rotatable bonds is 4. The summed E-state index contributed by atoms with van der Waals surface area (Å²) in [5.41, 5.74) is 2.90. The zero-order valence-electron chi connectivity index (χ0n) is 11.4. The molecule has 3 N–H and O–H groups in total. The Balaban J connectivity index is 1.88. The lowest BCUT2D eigenvalue weighted by Gasteiger charge is -2.11. The minimum atomic E-state index is -0.619. The van der Waals surface area contributed by atoms with Crippen molar-refractivity contribution < 1.29 is 14.4 Å². The third-order valence-electron chi connectivity index (χ3n) is 3.40. The number of imide groups is 1. The third-order valence-corrected chi connectivity index (χ3v) is 3.40. The van der Waals surface area contributed by atoms with E-state index >= 15 is 0 Å². The molecule has 4 amide bonds. The Kier molecular flexibility index (Phi) is 4.02. The number of hydrogen-bond donors (Lipinski definition) is 3. The van der Waals surface area contributed by atoms with Crippen LogP contribution in [-0.4, -0.2) is 23.9 Å². The van der Waals surface area contributed by atoms with Gasteiger partial charge in [0.1, 0.15) is 6.04 Å². The minimum Gasteiger partial charge on any atom is -0.326 e. The quantitative estimate of drug-likeness (QED) is 0.722. The summed E-state index contributed by atoms with van der Waals surface area (Å²) in [5.74, 6) is -0.554. The fourth-order valence-electron chi connectivity index (χ4n) is 2.04. The van der Waals surface area contributed by atoms with Crippen LogP contribution in [0.15, 0.2) is 18.2 Å². The maximum atomic E-state index is 11.9. The van der Waals surface area contributed by atoms with Crippen LogP contribution < -0.4 is 16.0 Å². The van der Waals surface area contributed by atoms with Crippen molar-refractivity contribution in [3.05, 3.63) is 29.3 Å². The van der Waals surface area contributed by atoms with Crippen molar-refractivity contribution in [1.29, 1.82) is 0 Å². The van der Waals surface area contributed by atoms with Crippen LogP contribution in [0.3, 0.4) is 0 Å². The van der Waals surface area contributed by atoms with E-state index in [2.05, 4.69) is 16.0 Å². The van der Waals surface area contributed by atoms with Crippen LogP contribution >= 0.6 is 0 Å². The highest BCUT2D eigenvalue weighted by atomic mass is 16.2. The van der Waals surface area contributed by atoms with Gasteiger partial charge >= 0.3 is 6.03 Å². The predicted octanol–water partition coefficient (Wildman–Crippen LogP) is 1.23. The number of urea groups is 1. The lowest BCUT2D eigenvalue weighted by molar-refractivity contribution is -0.120. The van der Waals surface area contributed by atoms with Gasteiger partial charge in [0.25, 0.3) is 5.91 Å². The van der Waals surface area contributed by atoms with Gasteiger partial charge in [0.2, 0.25) is 5.91 Å². The molecule has 1 saturated heterocycles. The molecule has 106 valence electrons. The average molecular weight is 275 g/mol. The molecule has 6 nitrogen and oxygen atoms in total. The molecule has 0 aliphatic carbocycles. The molecule has 1 fully saturated rings. The summed E-state index contributed by atoms with van der Waals surface area (Å²) in [6.07, 6.45) is 0.458. The average Bonchev–Trinajstić information content (AvgIpc) is 2.71. The topological polar surface area (TPSA) is 87.3 Å². The van der Waals surface area contributed by atoms with Crippen molar-refractivity contribution in [2.45, 2.75) is 32.7 Å². The molecule has 6 heteroatoms. The molecule has 0 aromatic heterocycles. The summed E-state index contributed by atoms with van der Waals surface area (Å²) in [6, 6.07) is 4.57. The number of carbonyl (C=O) groups is 3. The first-order valence-corrected chi connectivity index (χ1v) is 6.45. The van der Waals surface area contributed by atoms with Gasteiger partial charge in [0, 0.05) is 12.1 Å². The Morgan fingerprint density at radius 2 is 2.05 bits per heavy atom. The Hall–Kier alpha value is -2.37. The highest BCUT2D eigenvalue weighted by Gasteiger charge is 2.29. The van der Waals surface area contributed by atoms with Gasteiger partial charge in [-0.15, -0.1) is 0 Å². The van der Waals surface area contributed by atoms with Crippen molar-refractivity contribution in [3.63, 3.8) is 0 Å². The van der Waals surface area contributed by atoms with Gasteiger partial charge in [-0.05, 0) is 37.5 Å². The molecule has 1 heterocycles. The van der Waals surface area contributed by atoms with E-state index in [4.69, 9.17) is 0 Å². The van der Waals surface area contributed by atoms with Crippen LogP contribution in [0.4, 0.5) is 10.5 Å². The first-order valence-electron chi connectivity index (χ1n) is 6.45. The van der Waals surface area contributed by atoms with E-state index in [0.29, 0.717) is 0 Å². The molecular weight excluding hydrogens is 258 g/mol. The summed E-state index contributed by atoms with van der Waals surface area (Å²) in [7, 11) is 0. The molecule has 0 spiro atoms. The summed E-state index contributed by atoms with van der Waals surface area (Å²) in [6.45, 7) is 3.92. The molecule has 1 unspecified atom stereocenters. The molecule has 1 aliphatic heterocycles. The fourth-order valence-corrected chi connectivity index (χ4v) is 2.04. The predicted molar refractivity (Wildman–Crippen MR) is 74.2 cm³/mol. The third kappa shape index (κ3) is 3.14. The molecule has 1 atom stereocenters. The summed E-state index contributed by atoms with van der Waals surface area (Å²) in [5, 5.41) is 7.42. The zero-order chi connectivity index (χ0) is 14.7. The van der Waals surface area contributed by atoms with E-state index in [1.165, 1.54) is 0 Å². The highest BCUT2D eigenvalue weighted by molar-refractivity contribution is 6.04. The van der Waals surface area contributed by atoms with Crippen molar-refractivity contribution in [1.82, 2.24) is 10.6 Å². The minimum absolute atomic E-state index is 0.172. The number of nitrogens with one attached hydrogen (secondary N) is 3. The maximum Gasteiger partial charge on any atom is 0.322 e. The van der Waals surface area contributed by atoms with Gasteiger partial charge in [-0.1, -0.05) is 12.1 Å². The van der Waals surface area contributed by atoms with Crippen molar-refractivity contribution in [2.75, 3.05) is 5.32 Å². The molecule has 0 bridgehead atoms. The summed E-state index contributed by atoms with van der Waals surface area (Å²) >= 11 is 0. The highest BCUT2D eigenvalue weighted by Crippen LogP contribution is 2.18. The second kappa shape index (κ2) is 5.73. The maximum absolute atomic E-state index is 11.9. The van der Waals surface area contributed by atoms with Gasteiger partial charge < -0.3 is 10.6 Å². The molecule has 2 rings (SSSR count). The molecule has 20 heavy (non-hydrogen) atoms. The first kappa shape index (κ1) is 14.0. The van der Waals surface area contributed by atoms with Crippen molar-refractivity contribution in [3.8, 4) is 0 Å². The Labute approximate surface area is 116 Å². The van der Waals surface area contributed by atoms with Crippen LogP contribution in [0, 0.1) is 13.8 Å². The Morgan fingerprint density at radius 3 is 2.70 bits per heavy atom. The number of benzene rings is 1. The Morgan fingerprint density at radius 1 is 1.30 bits per heavy atom. The van der Waals surface area contributed by atoms with Crippen LogP contribution in [0.1, 0.15) is 24.0 Å². The number of anilines is 1. The summed E-state index contributed by atoms with van der Waals surface area (Å²) in [4.78, 5) is 34.1. The monoisotopic (exact) mass is 275 g/mol. The van der Waals surface area contributed by atoms with Gasteiger partial charge in [-0.2, -0.15) is 0 Å². The second-order valence-corrected chi connectivity index (χ2v) is 4.85. The number of hydrogen-bond acceptors (Lipinski definition) is 3. The van der Waals surface area contributed by atoms with E-state index in [-0.39, 0.29) is 24.7 Å². The molecule has 1 aromatic rings. The van der Waals surface area contributed by atoms with Crippen LogP contribution in [0.2, 0.25) is 0 Å². The van der Waals surface area contributed by atoms with E-state index < -0.39 is 12.1 Å². The number of carbonyl (C=O) groups excluding carboxylic acids is 3. The smallest absolute Gasteiger partial charge is 0.322 e. The first-order chi connectivity index (χ1) is 9.47. The van der Waals surface area contributed by atoms with Gasteiger partial charge in [-0.3, -0.25) is 14.9 Å². The van der Waals surface area contributed by atoms with Gasteiger partial charge in [-0.25, -0.2) is 4.79 Å². The SMILES string of the molecule is Cc1cccc(NC(=O)CCC2NC(=O)NC2=O)c1C. The normalized spacial score (nSPS) is 17.6. The summed E-state index contributed by atoms with van der Waals surface area (Å²) < 4.78 is 0. The molecule has 0 saturated carbocycles. The zero-order valence-corrected chi connectivity index (χ0v) is 11.4. The molecular formula is C14H17N3O3. The lowest BCUT2D eigenvalue weighted by atomic mass is 10.1. The van der Waals surface area contributed by atoms with Crippen molar-refractivity contribution in [2.24, 2.45) is 0 Å². The van der Waals surface area contributed by atoms with Gasteiger partial charge in [0.05, 0.1) is 0 Å². The molecule has 1 aromatic carbocycles. The van der Waals surface area contributed by atoms with Crippen LogP contribution in [-0.2, 0) is 9.59 Å². The van der Waals surface area contributed by atoms with E-state index in [0.717, 1.165) is 16.8 Å². The Bertz CT molecular complexity index is 569. The second-order valence-electron chi connectivity index (χ2n) is 4.85.